The minimum Gasteiger partial charge on any atom is -0.480 e. The molecule has 0 bridgehead atoms. The van der Waals surface area contributed by atoms with Crippen LogP contribution in [-0.2, 0) is 11.3 Å². The topological polar surface area (TPSA) is 125 Å². The third-order valence-electron chi connectivity index (χ3n) is 1.94. The largest absolute Gasteiger partial charge is 0.480 e. The number of aliphatic carboxylic acids is 1. The van der Waals surface area contributed by atoms with Crippen LogP contribution in [0.4, 0.5) is 4.79 Å². The van der Waals surface area contributed by atoms with Gasteiger partial charge in [-0.05, 0) is 0 Å². The molecule has 0 fully saturated rings. The van der Waals surface area contributed by atoms with Crippen molar-refractivity contribution in [1.82, 2.24) is 15.8 Å². The van der Waals surface area contributed by atoms with Gasteiger partial charge in [-0.1, -0.05) is 5.16 Å². The van der Waals surface area contributed by atoms with E-state index in [1.165, 1.54) is 6.20 Å². The van der Waals surface area contributed by atoms with Gasteiger partial charge in [-0.15, -0.1) is 0 Å². The van der Waals surface area contributed by atoms with Gasteiger partial charge >= 0.3 is 12.0 Å². The van der Waals surface area contributed by atoms with Gasteiger partial charge in [0, 0.05) is 19.1 Å². The predicted octanol–water partition coefficient (Wildman–Crippen LogP) is -0.691. The number of hydrogen-bond donors (Lipinski definition) is 4. The van der Waals surface area contributed by atoms with Gasteiger partial charge in [0.2, 0.25) is 0 Å². The molecule has 17 heavy (non-hydrogen) atoms. The molecule has 8 heteroatoms. The van der Waals surface area contributed by atoms with Crippen LogP contribution >= 0.6 is 0 Å². The SMILES string of the molecule is O=C(NCc1ccno1)N[C@@H](CCO)C(=O)O. The number of hydrogen-bond acceptors (Lipinski definition) is 5. The predicted molar refractivity (Wildman–Crippen MR) is 55.0 cm³/mol. The average molecular weight is 243 g/mol. The lowest BCUT2D eigenvalue weighted by atomic mass is 10.2. The minimum absolute atomic E-state index is 0.0505. The van der Waals surface area contributed by atoms with Crippen LogP contribution in [0.1, 0.15) is 12.2 Å². The summed E-state index contributed by atoms with van der Waals surface area (Å²) in [4.78, 5) is 22.0. The molecule has 1 aromatic heterocycles. The van der Waals surface area contributed by atoms with E-state index in [1.807, 2.05) is 0 Å². The molecule has 1 rings (SSSR count). The summed E-state index contributed by atoms with van der Waals surface area (Å²) >= 11 is 0. The molecule has 1 atom stereocenters. The molecule has 2 amide bonds. The highest BCUT2D eigenvalue weighted by Crippen LogP contribution is 1.95. The zero-order chi connectivity index (χ0) is 12.7. The molecule has 1 aromatic rings. The fraction of sp³-hybridized carbons (Fsp3) is 0.444. The molecular formula is C9H13N3O5. The first-order valence-electron chi connectivity index (χ1n) is 4.91. The number of carboxylic acids is 1. The molecule has 0 saturated carbocycles. The van der Waals surface area contributed by atoms with Crippen molar-refractivity contribution in [1.29, 1.82) is 0 Å². The Morgan fingerprint density at radius 1 is 1.53 bits per heavy atom. The Hall–Kier alpha value is -2.09. The van der Waals surface area contributed by atoms with Crippen LogP contribution in [0.5, 0.6) is 0 Å². The van der Waals surface area contributed by atoms with E-state index in [-0.39, 0.29) is 19.6 Å². The van der Waals surface area contributed by atoms with Crippen LogP contribution in [0.25, 0.3) is 0 Å². The maximum Gasteiger partial charge on any atom is 0.326 e. The Morgan fingerprint density at radius 2 is 2.29 bits per heavy atom. The monoisotopic (exact) mass is 243 g/mol. The van der Waals surface area contributed by atoms with Crippen molar-refractivity contribution in [3.63, 3.8) is 0 Å². The number of aromatic nitrogens is 1. The first-order chi connectivity index (χ1) is 8.13. The first kappa shape index (κ1) is 13.0. The maximum absolute atomic E-state index is 11.3. The number of amides is 2. The second kappa shape index (κ2) is 6.48. The van der Waals surface area contributed by atoms with Crippen molar-refractivity contribution in [3.05, 3.63) is 18.0 Å². The molecule has 0 aliphatic carbocycles. The Kier molecular flexibility index (Phi) is 4.95. The van der Waals surface area contributed by atoms with Crippen LogP contribution in [0.15, 0.2) is 16.8 Å². The number of carbonyl (C=O) groups excluding carboxylic acids is 1. The summed E-state index contributed by atoms with van der Waals surface area (Å²) in [5.41, 5.74) is 0. The van der Waals surface area contributed by atoms with Crippen LogP contribution < -0.4 is 10.6 Å². The fourth-order valence-electron chi connectivity index (χ4n) is 1.10. The summed E-state index contributed by atoms with van der Waals surface area (Å²) < 4.78 is 4.74. The van der Waals surface area contributed by atoms with E-state index in [9.17, 15) is 9.59 Å². The van der Waals surface area contributed by atoms with E-state index in [1.54, 1.807) is 6.07 Å². The standard InChI is InChI=1S/C9H13N3O5/c13-4-2-7(8(14)15)12-9(16)10-5-6-1-3-11-17-6/h1,3,7,13H,2,4-5H2,(H,14,15)(H2,10,12,16)/t7-/m0/s1. The number of carbonyl (C=O) groups is 2. The van der Waals surface area contributed by atoms with Crippen LogP contribution in [0, 0.1) is 0 Å². The summed E-state index contributed by atoms with van der Waals surface area (Å²) in [7, 11) is 0. The van der Waals surface area contributed by atoms with Gasteiger partial charge in [-0.2, -0.15) is 0 Å². The van der Waals surface area contributed by atoms with Crippen LogP contribution in [-0.4, -0.2) is 40.0 Å². The molecule has 0 spiro atoms. The van der Waals surface area contributed by atoms with Gasteiger partial charge in [-0.25, -0.2) is 9.59 Å². The van der Waals surface area contributed by atoms with Gasteiger partial charge in [0.1, 0.15) is 6.04 Å². The van der Waals surface area contributed by atoms with Crippen molar-refractivity contribution >= 4 is 12.0 Å². The molecule has 4 N–H and O–H groups in total. The van der Waals surface area contributed by atoms with Crippen LogP contribution in [0.2, 0.25) is 0 Å². The fourth-order valence-corrected chi connectivity index (χ4v) is 1.10. The summed E-state index contributed by atoms with van der Waals surface area (Å²) in [6, 6.07) is -0.195. The zero-order valence-corrected chi connectivity index (χ0v) is 8.92. The van der Waals surface area contributed by atoms with E-state index in [2.05, 4.69) is 15.8 Å². The number of nitrogens with zero attached hydrogens (tertiary/aromatic N) is 1. The highest BCUT2D eigenvalue weighted by molar-refractivity contribution is 5.82. The van der Waals surface area contributed by atoms with Gasteiger partial charge < -0.3 is 25.4 Å². The number of aliphatic hydroxyl groups excluding tert-OH is 1. The average Bonchev–Trinajstić information content (AvgIpc) is 2.78. The van der Waals surface area contributed by atoms with Crippen molar-refractivity contribution in [2.75, 3.05) is 6.61 Å². The zero-order valence-electron chi connectivity index (χ0n) is 8.92. The molecule has 8 nitrogen and oxygen atoms in total. The van der Waals surface area contributed by atoms with E-state index >= 15 is 0 Å². The first-order valence-corrected chi connectivity index (χ1v) is 4.91. The van der Waals surface area contributed by atoms with Gasteiger partial charge in [0.15, 0.2) is 5.76 Å². The number of urea groups is 1. The highest BCUT2D eigenvalue weighted by Gasteiger charge is 2.18. The normalized spacial score (nSPS) is 11.8. The third-order valence-corrected chi connectivity index (χ3v) is 1.94. The third kappa shape index (κ3) is 4.51. The van der Waals surface area contributed by atoms with E-state index in [0.717, 1.165) is 0 Å². The quantitative estimate of drug-likeness (QED) is 0.524. The molecular weight excluding hydrogens is 230 g/mol. The number of carboxylic acid groups (broad SMARTS) is 1. The van der Waals surface area contributed by atoms with Gasteiger partial charge in [0.25, 0.3) is 0 Å². The van der Waals surface area contributed by atoms with Crippen molar-refractivity contribution in [2.24, 2.45) is 0 Å². The summed E-state index contributed by atoms with van der Waals surface area (Å²) in [6.45, 7) is -0.212. The summed E-state index contributed by atoms with van der Waals surface area (Å²) in [5.74, 6) is -0.747. The van der Waals surface area contributed by atoms with Crippen molar-refractivity contribution in [2.45, 2.75) is 19.0 Å². The Bertz CT molecular complexity index is 365. The number of aliphatic hydroxyl groups is 1. The van der Waals surface area contributed by atoms with E-state index in [4.69, 9.17) is 14.7 Å². The second-order valence-electron chi connectivity index (χ2n) is 3.21. The molecule has 1 heterocycles. The highest BCUT2D eigenvalue weighted by atomic mass is 16.5. The molecule has 0 aromatic carbocycles. The Morgan fingerprint density at radius 3 is 2.82 bits per heavy atom. The summed E-state index contributed by atoms with van der Waals surface area (Å²) in [5, 5.41) is 25.4. The van der Waals surface area contributed by atoms with Gasteiger partial charge in [0.05, 0.1) is 12.7 Å². The lowest BCUT2D eigenvalue weighted by molar-refractivity contribution is -0.139. The maximum atomic E-state index is 11.3. The Balaban J connectivity index is 2.34. The molecule has 0 aliphatic rings. The second-order valence-corrected chi connectivity index (χ2v) is 3.21. The molecule has 0 unspecified atom stereocenters. The van der Waals surface area contributed by atoms with E-state index in [0.29, 0.717) is 5.76 Å². The summed E-state index contributed by atoms with van der Waals surface area (Å²) in [6.07, 6.45) is 1.38. The minimum atomic E-state index is -1.20. The lowest BCUT2D eigenvalue weighted by Gasteiger charge is -2.13. The van der Waals surface area contributed by atoms with Crippen molar-refractivity contribution < 1.29 is 24.3 Å². The number of nitrogens with one attached hydrogen (secondary N) is 2. The molecule has 0 aliphatic heterocycles. The smallest absolute Gasteiger partial charge is 0.326 e. The van der Waals surface area contributed by atoms with Crippen molar-refractivity contribution in [3.8, 4) is 0 Å². The lowest BCUT2D eigenvalue weighted by Crippen LogP contribution is -2.46. The molecule has 0 saturated heterocycles. The van der Waals surface area contributed by atoms with Crippen LogP contribution in [0.3, 0.4) is 0 Å². The Labute approximate surface area is 96.6 Å². The van der Waals surface area contributed by atoms with Gasteiger partial charge in [-0.3, -0.25) is 0 Å². The van der Waals surface area contributed by atoms with E-state index < -0.39 is 18.0 Å². The molecule has 0 radical (unpaired) electrons. The molecule has 94 valence electrons. The number of rotatable bonds is 6.